The van der Waals surface area contributed by atoms with Crippen LogP contribution < -0.4 is 55.3 Å². The first kappa shape index (κ1) is 66.5. The number of rotatable bonds is 16. The monoisotopic (exact) mass is 1310 g/mol. The smallest absolute Gasteiger partial charge is 0.407 e. The van der Waals surface area contributed by atoms with Gasteiger partial charge in [-0.1, -0.05) is 35.5 Å². The van der Waals surface area contributed by atoms with Crippen LogP contribution in [0.5, 0.6) is 0 Å². The quantitative estimate of drug-likeness (QED) is 0.0473. The number of carbonyl (C=O) groups is 1. The fourth-order valence-electron chi connectivity index (χ4n) is 11.4. The lowest BCUT2D eigenvalue weighted by Gasteiger charge is -2.32. The highest BCUT2D eigenvalue weighted by molar-refractivity contribution is 5.83. The molecule has 0 unspecified atom stereocenters. The number of carbonyl (C=O) groups excluding carboxylic acids is 1. The molecule has 1 fully saturated rings. The second-order valence-corrected chi connectivity index (χ2v) is 24.9. The predicted octanol–water partition coefficient (Wildman–Crippen LogP) is 5.36. The van der Waals surface area contributed by atoms with Gasteiger partial charge >= 0.3 is 23.2 Å². The standard InChI is InChI=1S/C25H34N6O4.C24H22N6O3.C18H18N6O4/c1-15-12-18-19(13-16(15)2)31(21-20(27-18)22(32)29-23(33)28-21)11-10-30-8-6-17(7-9-30)14-26-24(34)35-25(3,4)5;1-14-10-19-20(11-15(14)2)30(22-21(26-19)23(31)28-24(32)27-22)9-8-25-13-17-12-18(29-33-17)16-6-4-3-5-7-16;1-9-5-12-13(6-10(9)2)24(4-3-19-8-11-7-14(25)23-28-11)16-15(20-12)17(26)22-18(27)21-16/h12-13,17H,6-11,14H2,1-5H3,(H,26,34)(H,29,32,33);3-7,10-12,25H,8-9,13H2,1-2H3,(H,28,31,32);5-7,19H,3-4,8H2,1-2H3,(H,23,25)(H,22,26,27). The molecule has 0 atom stereocenters. The third-order valence-electron chi connectivity index (χ3n) is 16.8. The summed E-state index contributed by atoms with van der Waals surface area (Å²) in [6.07, 6.45) is 1.57. The van der Waals surface area contributed by atoms with E-state index in [1.54, 1.807) is 4.57 Å². The van der Waals surface area contributed by atoms with Crippen molar-refractivity contribution in [3.05, 3.63) is 197 Å². The Morgan fingerprint density at radius 1 is 0.552 bits per heavy atom. The molecule has 9 heterocycles. The fraction of sp³-hybridized carbons (Fsp3) is 0.358. The average Bonchev–Trinajstić information content (AvgIpc) is 1.12. The zero-order chi connectivity index (χ0) is 68.1. The third kappa shape index (κ3) is 15.5. The van der Waals surface area contributed by atoms with Crippen LogP contribution in [0, 0.1) is 47.5 Å². The number of amides is 1. The molecule has 0 bridgehead atoms. The van der Waals surface area contributed by atoms with Gasteiger partial charge in [0.05, 0.1) is 46.2 Å². The lowest BCUT2D eigenvalue weighted by molar-refractivity contribution is 0.0509. The Morgan fingerprint density at radius 3 is 1.43 bits per heavy atom. The molecular formula is C67H74N18O11. The van der Waals surface area contributed by atoms with E-state index in [1.165, 1.54) is 6.07 Å². The molecule has 96 heavy (non-hydrogen) atoms. The van der Waals surface area contributed by atoms with Crippen molar-refractivity contribution in [2.24, 2.45) is 5.92 Å². The van der Waals surface area contributed by atoms with E-state index in [0.29, 0.717) is 92.2 Å². The van der Waals surface area contributed by atoms with Crippen molar-refractivity contribution in [2.45, 2.75) is 113 Å². The Kier molecular flexibility index (Phi) is 19.7. The number of likely N-dealkylation sites (tertiary alicyclic amines) is 1. The summed E-state index contributed by atoms with van der Waals surface area (Å²) in [6.45, 7) is 24.1. The molecule has 29 nitrogen and oxygen atoms in total. The molecule has 1 amide bonds. The molecule has 498 valence electrons. The number of aromatic amines is 4. The van der Waals surface area contributed by atoms with Gasteiger partial charge in [-0.3, -0.25) is 34.1 Å². The van der Waals surface area contributed by atoms with Gasteiger partial charge in [-0.05, 0) is 164 Å². The van der Waals surface area contributed by atoms with Gasteiger partial charge in [0.25, 0.3) is 22.2 Å². The number of nitrogens with zero attached hydrogens (tertiary/aromatic N) is 11. The molecule has 7 aliphatic rings. The van der Waals surface area contributed by atoms with Crippen molar-refractivity contribution < 1.29 is 18.6 Å². The Morgan fingerprint density at radius 2 is 0.990 bits per heavy atom. The minimum absolute atomic E-state index is 0.118. The van der Waals surface area contributed by atoms with Gasteiger partial charge < -0.3 is 48.3 Å². The number of hydrogen-bond donors (Lipinski definition) is 7. The highest BCUT2D eigenvalue weighted by Crippen LogP contribution is 2.28. The van der Waals surface area contributed by atoms with Gasteiger partial charge in [0.2, 0.25) is 0 Å². The molecule has 0 saturated carbocycles. The van der Waals surface area contributed by atoms with Crippen LogP contribution in [-0.4, -0.2) is 125 Å². The van der Waals surface area contributed by atoms with Gasteiger partial charge in [0.1, 0.15) is 11.3 Å². The number of alkyl carbamates (subject to hydrolysis) is 1. The number of aromatic nitrogens is 14. The number of benzene rings is 4. The van der Waals surface area contributed by atoms with Crippen molar-refractivity contribution in [2.75, 3.05) is 39.3 Å². The lowest BCUT2D eigenvalue weighted by Crippen LogP contribution is -2.41. The van der Waals surface area contributed by atoms with Crippen LogP contribution in [0.25, 0.3) is 78.9 Å². The first-order valence-electron chi connectivity index (χ1n) is 31.5. The summed E-state index contributed by atoms with van der Waals surface area (Å²) in [5.74, 6) is 2.43. The van der Waals surface area contributed by atoms with E-state index in [-0.39, 0.29) is 40.4 Å². The molecule has 1 saturated heterocycles. The van der Waals surface area contributed by atoms with E-state index in [1.807, 2.05) is 144 Å². The maximum atomic E-state index is 12.5. The molecule has 6 aromatic rings. The molecular weight excluding hydrogens is 1230 g/mol. The Hall–Kier alpha value is -10.9. The Balaban J connectivity index is 0.000000147. The van der Waals surface area contributed by atoms with Crippen LogP contribution in [0.4, 0.5) is 4.79 Å². The molecule has 7 aliphatic heterocycles. The van der Waals surface area contributed by atoms with Crippen molar-refractivity contribution in [3.63, 3.8) is 0 Å². The molecule has 2 aromatic heterocycles. The SMILES string of the molecule is Cc1cc2nc3c(=O)[nH]c(=O)nc-3n(CCN3CCC(CNC(=O)OC(C)(C)C)CC3)c2cc1C.Cc1cc2nc3c(=O)[nH]c(=O)nc-3n(CCNCc3cc(-c4ccccc4)no3)c2cc1C.Cc1cc2nc3c(=O)[nH]c(=O)nc-3n(CCNCc3cc(=O)[nH]o3)c2cc1C. The van der Waals surface area contributed by atoms with E-state index in [2.05, 4.69) is 76.0 Å². The number of hydrogen-bond acceptors (Lipinski definition) is 21. The largest absolute Gasteiger partial charge is 0.444 e. The molecule has 0 radical (unpaired) electrons. The second kappa shape index (κ2) is 28.4. The minimum Gasteiger partial charge on any atom is -0.444 e. The summed E-state index contributed by atoms with van der Waals surface area (Å²) in [6, 6.07) is 24.9. The maximum absolute atomic E-state index is 12.5. The number of H-pyrrole nitrogens is 4. The summed E-state index contributed by atoms with van der Waals surface area (Å²) >= 11 is 0. The summed E-state index contributed by atoms with van der Waals surface area (Å²) in [4.78, 5) is 130. The van der Waals surface area contributed by atoms with E-state index in [4.69, 9.17) is 13.8 Å². The summed E-state index contributed by atoms with van der Waals surface area (Å²) in [7, 11) is 0. The highest BCUT2D eigenvalue weighted by Gasteiger charge is 2.26. The zero-order valence-corrected chi connectivity index (χ0v) is 54.7. The molecule has 0 spiro atoms. The summed E-state index contributed by atoms with van der Waals surface area (Å²) in [5, 5.41) is 15.7. The van der Waals surface area contributed by atoms with Crippen LogP contribution in [0.1, 0.15) is 78.5 Å². The second-order valence-electron chi connectivity index (χ2n) is 24.9. The normalized spacial score (nSPS) is 13.0. The first-order chi connectivity index (χ1) is 45.9. The van der Waals surface area contributed by atoms with E-state index >= 15 is 0 Å². The summed E-state index contributed by atoms with van der Waals surface area (Å²) < 4.78 is 21.4. The van der Waals surface area contributed by atoms with Gasteiger partial charge in [-0.2, -0.15) is 20.1 Å². The fourth-order valence-corrected chi connectivity index (χ4v) is 11.4. The maximum Gasteiger partial charge on any atom is 0.407 e. The van der Waals surface area contributed by atoms with Crippen molar-refractivity contribution in [3.8, 4) is 45.8 Å². The van der Waals surface area contributed by atoms with Crippen molar-refractivity contribution in [1.82, 2.24) is 89.7 Å². The van der Waals surface area contributed by atoms with Gasteiger partial charge in [0, 0.05) is 63.5 Å². The molecule has 7 N–H and O–H groups in total. The number of ether oxygens (including phenoxy) is 1. The zero-order valence-electron chi connectivity index (χ0n) is 54.7. The Bertz CT molecular complexity index is 5180. The number of piperidine rings is 1. The number of aryl methyl sites for hydroxylation is 6. The molecule has 0 aliphatic carbocycles. The topological polar surface area (TPSA) is 380 Å². The van der Waals surface area contributed by atoms with Gasteiger partial charge in [-0.25, -0.2) is 34.1 Å². The number of nitrogens with one attached hydrogen (secondary N) is 7. The number of fused-ring (bicyclic) bond motifs is 6. The van der Waals surface area contributed by atoms with E-state index < -0.39 is 39.3 Å². The van der Waals surface area contributed by atoms with E-state index in [9.17, 15) is 38.4 Å². The van der Waals surface area contributed by atoms with Crippen molar-refractivity contribution >= 4 is 39.2 Å². The van der Waals surface area contributed by atoms with Gasteiger partial charge in [-0.15, -0.1) is 0 Å². The van der Waals surface area contributed by atoms with Crippen LogP contribution in [0.3, 0.4) is 0 Å². The van der Waals surface area contributed by atoms with Crippen LogP contribution in [0.2, 0.25) is 0 Å². The predicted molar refractivity (Wildman–Crippen MR) is 360 cm³/mol. The highest BCUT2D eigenvalue weighted by atomic mass is 16.6. The van der Waals surface area contributed by atoms with Crippen LogP contribution in [-0.2, 0) is 37.5 Å². The lowest BCUT2D eigenvalue weighted by atomic mass is 9.97. The minimum atomic E-state index is -0.710. The van der Waals surface area contributed by atoms with Crippen LogP contribution >= 0.6 is 0 Å². The first-order valence-corrected chi connectivity index (χ1v) is 31.5. The van der Waals surface area contributed by atoms with Gasteiger partial charge in [0.15, 0.2) is 46.1 Å². The molecule has 13 rings (SSSR count). The average molecular weight is 1310 g/mol. The van der Waals surface area contributed by atoms with Crippen molar-refractivity contribution in [1.29, 1.82) is 0 Å². The molecule has 4 aromatic carbocycles. The van der Waals surface area contributed by atoms with E-state index in [0.717, 1.165) is 93.7 Å². The third-order valence-corrected chi connectivity index (χ3v) is 16.8. The Labute approximate surface area is 546 Å². The molecule has 29 heteroatoms. The summed E-state index contributed by atoms with van der Waals surface area (Å²) in [5.41, 5.74) is 8.69. The van der Waals surface area contributed by atoms with Crippen LogP contribution in [0.15, 0.2) is 121 Å².